The Bertz CT molecular complexity index is 641. The largest absolute Gasteiger partial charge is 0.378 e. The van der Waals surface area contributed by atoms with Crippen molar-refractivity contribution in [3.05, 3.63) is 59.4 Å². The van der Waals surface area contributed by atoms with Crippen LogP contribution in [-0.2, 0) is 4.74 Å². The number of nitrogens with zero attached hydrogens (tertiary/aromatic N) is 1. The number of anilines is 1. The van der Waals surface area contributed by atoms with Crippen molar-refractivity contribution >= 4 is 5.69 Å². The van der Waals surface area contributed by atoms with Crippen molar-refractivity contribution in [2.75, 3.05) is 11.9 Å². The first kappa shape index (κ1) is 12.8. The van der Waals surface area contributed by atoms with E-state index in [-0.39, 0.29) is 6.10 Å². The second kappa shape index (κ2) is 5.15. The van der Waals surface area contributed by atoms with Crippen LogP contribution in [0.5, 0.6) is 0 Å². The van der Waals surface area contributed by atoms with Crippen LogP contribution >= 0.6 is 0 Å². The predicted molar refractivity (Wildman–Crippen MR) is 83.2 cm³/mol. The lowest BCUT2D eigenvalue weighted by Gasteiger charge is -2.43. The highest BCUT2D eigenvalue weighted by molar-refractivity contribution is 5.58. The van der Waals surface area contributed by atoms with Crippen LogP contribution in [0.15, 0.2) is 42.7 Å². The molecule has 1 unspecified atom stereocenters. The third-order valence-electron chi connectivity index (χ3n) is 4.69. The predicted octanol–water partition coefficient (Wildman–Crippen LogP) is 4.02. The topological polar surface area (TPSA) is 34.1 Å². The standard InChI is InChI=1S/C18H20N2O/c1-12-4-5-16-15(11-12)18-14(3-2-10-21-18)17(20-16)13-6-8-19-9-7-13/h4-9,11,14,17-18,20H,2-3,10H2,1H3/t14-,17?,18-/m0/s1. The molecule has 0 aliphatic carbocycles. The Morgan fingerprint density at radius 3 is 2.90 bits per heavy atom. The zero-order valence-corrected chi connectivity index (χ0v) is 12.3. The molecule has 3 atom stereocenters. The van der Waals surface area contributed by atoms with E-state index in [1.807, 2.05) is 12.4 Å². The molecule has 3 heterocycles. The SMILES string of the molecule is Cc1ccc2c(c1)[C@H]1OCCC[C@H]1C(c1ccncc1)N2. The molecule has 0 radical (unpaired) electrons. The van der Waals surface area contributed by atoms with Gasteiger partial charge in [0.05, 0.1) is 12.1 Å². The van der Waals surface area contributed by atoms with Crippen molar-refractivity contribution in [1.29, 1.82) is 0 Å². The van der Waals surface area contributed by atoms with Crippen molar-refractivity contribution in [2.45, 2.75) is 31.9 Å². The number of aromatic nitrogens is 1. The van der Waals surface area contributed by atoms with E-state index < -0.39 is 0 Å². The zero-order valence-electron chi connectivity index (χ0n) is 12.3. The Morgan fingerprint density at radius 2 is 2.05 bits per heavy atom. The molecule has 3 nitrogen and oxygen atoms in total. The van der Waals surface area contributed by atoms with Crippen molar-refractivity contribution in [3.63, 3.8) is 0 Å². The lowest BCUT2D eigenvalue weighted by Crippen LogP contribution is -2.36. The van der Waals surface area contributed by atoms with Crippen molar-refractivity contribution in [3.8, 4) is 0 Å². The number of hydrogen-bond donors (Lipinski definition) is 1. The molecule has 108 valence electrons. The Hall–Kier alpha value is -1.87. The van der Waals surface area contributed by atoms with Gasteiger partial charge < -0.3 is 10.1 Å². The average Bonchev–Trinajstić information content (AvgIpc) is 2.55. The van der Waals surface area contributed by atoms with E-state index in [1.54, 1.807) is 0 Å². The van der Waals surface area contributed by atoms with Gasteiger partial charge in [0, 0.05) is 36.2 Å². The lowest BCUT2D eigenvalue weighted by molar-refractivity contribution is -0.0381. The molecule has 0 amide bonds. The van der Waals surface area contributed by atoms with Crippen molar-refractivity contribution in [1.82, 2.24) is 4.98 Å². The molecule has 2 aliphatic rings. The Kier molecular flexibility index (Phi) is 3.15. The fourth-order valence-corrected chi connectivity index (χ4v) is 3.69. The molecule has 2 aromatic rings. The third-order valence-corrected chi connectivity index (χ3v) is 4.69. The van der Waals surface area contributed by atoms with Gasteiger partial charge in [0.25, 0.3) is 0 Å². The van der Waals surface area contributed by atoms with Gasteiger partial charge in [-0.3, -0.25) is 4.98 Å². The summed E-state index contributed by atoms with van der Waals surface area (Å²) in [5.74, 6) is 0.496. The highest BCUT2D eigenvalue weighted by Crippen LogP contribution is 2.49. The van der Waals surface area contributed by atoms with E-state index in [0.29, 0.717) is 12.0 Å². The van der Waals surface area contributed by atoms with E-state index in [2.05, 4.69) is 47.6 Å². The van der Waals surface area contributed by atoms with Gasteiger partial charge in [-0.05, 0) is 43.5 Å². The monoisotopic (exact) mass is 280 g/mol. The molecule has 0 saturated carbocycles. The van der Waals surface area contributed by atoms with Crippen LogP contribution in [-0.4, -0.2) is 11.6 Å². The molecule has 21 heavy (non-hydrogen) atoms. The van der Waals surface area contributed by atoms with Crippen LogP contribution < -0.4 is 5.32 Å². The van der Waals surface area contributed by atoms with Crippen molar-refractivity contribution < 1.29 is 4.74 Å². The number of rotatable bonds is 1. The third kappa shape index (κ3) is 2.22. The van der Waals surface area contributed by atoms with E-state index >= 15 is 0 Å². The molecular formula is C18H20N2O. The molecule has 1 saturated heterocycles. The minimum absolute atomic E-state index is 0.216. The maximum Gasteiger partial charge on any atom is 0.0895 e. The summed E-state index contributed by atoms with van der Waals surface area (Å²) in [5.41, 5.74) is 5.14. The van der Waals surface area contributed by atoms with Crippen LogP contribution in [0.2, 0.25) is 0 Å². The normalized spacial score (nSPS) is 27.4. The van der Waals surface area contributed by atoms with E-state index in [1.165, 1.54) is 28.8 Å². The first-order valence-corrected chi connectivity index (χ1v) is 7.71. The molecule has 1 fully saturated rings. The molecular weight excluding hydrogens is 260 g/mol. The second-order valence-electron chi connectivity index (χ2n) is 6.09. The van der Waals surface area contributed by atoms with Gasteiger partial charge in [-0.1, -0.05) is 17.7 Å². The fraction of sp³-hybridized carbons (Fsp3) is 0.389. The van der Waals surface area contributed by atoms with Gasteiger partial charge in [-0.25, -0.2) is 0 Å². The van der Waals surface area contributed by atoms with Crippen LogP contribution in [0.4, 0.5) is 5.69 Å². The average molecular weight is 280 g/mol. The maximum atomic E-state index is 6.16. The molecule has 0 spiro atoms. The Morgan fingerprint density at radius 1 is 1.19 bits per heavy atom. The minimum Gasteiger partial charge on any atom is -0.378 e. The number of aryl methyl sites for hydroxylation is 1. The summed E-state index contributed by atoms with van der Waals surface area (Å²) in [7, 11) is 0. The summed E-state index contributed by atoms with van der Waals surface area (Å²) >= 11 is 0. The molecule has 3 heteroatoms. The van der Waals surface area contributed by atoms with Gasteiger partial charge in [-0.15, -0.1) is 0 Å². The maximum absolute atomic E-state index is 6.16. The van der Waals surface area contributed by atoms with Gasteiger partial charge in [0.1, 0.15) is 0 Å². The van der Waals surface area contributed by atoms with E-state index in [0.717, 1.165) is 13.0 Å². The first-order valence-electron chi connectivity index (χ1n) is 7.71. The summed E-state index contributed by atoms with van der Waals surface area (Å²) in [6.07, 6.45) is 6.32. The quantitative estimate of drug-likeness (QED) is 0.856. The number of ether oxygens (including phenoxy) is 1. The molecule has 1 N–H and O–H groups in total. The van der Waals surface area contributed by atoms with Gasteiger partial charge in [0.15, 0.2) is 0 Å². The van der Waals surface area contributed by atoms with Crippen molar-refractivity contribution in [2.24, 2.45) is 5.92 Å². The molecule has 0 bridgehead atoms. The zero-order chi connectivity index (χ0) is 14.2. The van der Waals surface area contributed by atoms with Gasteiger partial charge in [0.2, 0.25) is 0 Å². The number of pyridine rings is 1. The van der Waals surface area contributed by atoms with Crippen LogP contribution in [0, 0.1) is 12.8 Å². The van der Waals surface area contributed by atoms with Crippen LogP contribution in [0.3, 0.4) is 0 Å². The summed E-state index contributed by atoms with van der Waals surface area (Å²) in [5, 5.41) is 3.73. The fourth-order valence-electron chi connectivity index (χ4n) is 3.69. The Labute approximate surface area is 125 Å². The van der Waals surface area contributed by atoms with Gasteiger partial charge >= 0.3 is 0 Å². The highest BCUT2D eigenvalue weighted by Gasteiger charge is 2.39. The van der Waals surface area contributed by atoms with E-state index in [4.69, 9.17) is 4.74 Å². The first-order chi connectivity index (χ1) is 10.3. The lowest BCUT2D eigenvalue weighted by atomic mass is 9.77. The van der Waals surface area contributed by atoms with Crippen LogP contribution in [0.1, 0.15) is 41.7 Å². The number of benzene rings is 1. The molecule has 1 aromatic heterocycles. The van der Waals surface area contributed by atoms with E-state index in [9.17, 15) is 0 Å². The molecule has 1 aromatic carbocycles. The smallest absolute Gasteiger partial charge is 0.0895 e. The highest BCUT2D eigenvalue weighted by atomic mass is 16.5. The summed E-state index contributed by atoms with van der Waals surface area (Å²) in [6.45, 7) is 3.02. The van der Waals surface area contributed by atoms with Gasteiger partial charge in [-0.2, -0.15) is 0 Å². The van der Waals surface area contributed by atoms with Crippen LogP contribution in [0.25, 0.3) is 0 Å². The number of fused-ring (bicyclic) bond motifs is 3. The number of nitrogens with one attached hydrogen (secondary N) is 1. The minimum atomic E-state index is 0.216. The summed E-state index contributed by atoms with van der Waals surface area (Å²) in [6, 6.07) is 11.2. The second-order valence-corrected chi connectivity index (χ2v) is 6.09. The molecule has 4 rings (SSSR count). The Balaban J connectivity index is 1.79. The molecule has 2 aliphatic heterocycles. The summed E-state index contributed by atoms with van der Waals surface area (Å²) < 4.78 is 6.16. The number of hydrogen-bond acceptors (Lipinski definition) is 3. The summed E-state index contributed by atoms with van der Waals surface area (Å²) in [4.78, 5) is 4.14.